The highest BCUT2D eigenvalue weighted by molar-refractivity contribution is 5.61. The molecule has 22 heavy (non-hydrogen) atoms. The quantitative estimate of drug-likeness (QED) is 0.360. The molecular weight excluding hydrogens is 272 g/mol. The molecule has 0 spiro atoms. The number of rotatable bonds is 5. The van der Waals surface area contributed by atoms with Gasteiger partial charge in [-0.1, -0.05) is 65.8 Å². The van der Waals surface area contributed by atoms with Crippen LogP contribution in [0.5, 0.6) is 0 Å². The van der Waals surface area contributed by atoms with E-state index in [0.717, 1.165) is 23.5 Å². The summed E-state index contributed by atoms with van der Waals surface area (Å²) < 4.78 is 2.21. The van der Waals surface area contributed by atoms with Gasteiger partial charge in [-0.05, 0) is 28.8 Å². The van der Waals surface area contributed by atoms with Crippen LogP contribution in [-0.2, 0) is 13.1 Å². The Bertz CT molecular complexity index is 784. The van der Waals surface area contributed by atoms with Crippen LogP contribution in [0.1, 0.15) is 11.3 Å². The fourth-order valence-electron chi connectivity index (χ4n) is 2.57. The monoisotopic (exact) mass is 288 g/mol. The largest absolute Gasteiger partial charge is 0.340 e. The molecule has 3 aromatic rings. The van der Waals surface area contributed by atoms with E-state index >= 15 is 0 Å². The third-order valence-corrected chi connectivity index (χ3v) is 3.62. The van der Waals surface area contributed by atoms with Gasteiger partial charge < -0.3 is 4.57 Å². The second-order valence-corrected chi connectivity index (χ2v) is 5.04. The number of nitrogens with zero attached hydrogens (tertiary/aromatic N) is 4. The molecule has 0 bridgehead atoms. The lowest BCUT2D eigenvalue weighted by molar-refractivity contribution is 0.749. The molecule has 1 aromatic heterocycles. The highest BCUT2D eigenvalue weighted by atomic mass is 15.1. The molecule has 0 amide bonds. The third kappa shape index (κ3) is 3.03. The highest BCUT2D eigenvalue weighted by Crippen LogP contribution is 2.24. The first-order valence-electron chi connectivity index (χ1n) is 7.17. The first-order valence-corrected chi connectivity index (χ1v) is 7.17. The Morgan fingerprint density at radius 1 is 0.864 bits per heavy atom. The van der Waals surface area contributed by atoms with E-state index < -0.39 is 0 Å². The maximum Gasteiger partial charge on any atom is 0.0664 e. The Balaban J connectivity index is 2.03. The summed E-state index contributed by atoms with van der Waals surface area (Å²) in [6.45, 7) is 1.12. The standard InChI is InChI=1S/C18H16N4/c19-21-20-13-17-11-12-18(16-9-5-2-6-10-16)22(17)14-15-7-3-1-4-8-15/h1-12H,13-14H2. The molecule has 0 atom stereocenters. The molecule has 2 aromatic carbocycles. The zero-order chi connectivity index (χ0) is 15.2. The van der Waals surface area contributed by atoms with E-state index in [0.29, 0.717) is 6.54 Å². The summed E-state index contributed by atoms with van der Waals surface area (Å²) in [6.07, 6.45) is 0. The van der Waals surface area contributed by atoms with Gasteiger partial charge in [-0.2, -0.15) is 0 Å². The van der Waals surface area contributed by atoms with Crippen molar-refractivity contribution in [1.82, 2.24) is 4.57 Å². The van der Waals surface area contributed by atoms with Crippen LogP contribution in [0.3, 0.4) is 0 Å². The maximum absolute atomic E-state index is 8.58. The Hall–Kier alpha value is -2.97. The topological polar surface area (TPSA) is 53.7 Å². The molecule has 3 rings (SSSR count). The van der Waals surface area contributed by atoms with Gasteiger partial charge in [0.2, 0.25) is 0 Å². The molecule has 0 N–H and O–H groups in total. The van der Waals surface area contributed by atoms with Gasteiger partial charge in [0.05, 0.1) is 6.54 Å². The minimum atomic E-state index is 0.357. The second-order valence-electron chi connectivity index (χ2n) is 5.04. The van der Waals surface area contributed by atoms with Gasteiger partial charge >= 0.3 is 0 Å². The Kier molecular flexibility index (Phi) is 4.23. The van der Waals surface area contributed by atoms with Crippen molar-refractivity contribution < 1.29 is 0 Å². The average Bonchev–Trinajstić information content (AvgIpc) is 2.97. The van der Waals surface area contributed by atoms with Crippen LogP contribution in [0.25, 0.3) is 21.7 Å². The number of aromatic nitrogens is 1. The van der Waals surface area contributed by atoms with Crippen molar-refractivity contribution in [1.29, 1.82) is 0 Å². The van der Waals surface area contributed by atoms with E-state index in [1.54, 1.807) is 0 Å². The normalized spacial score (nSPS) is 10.2. The van der Waals surface area contributed by atoms with Gasteiger partial charge in [0.1, 0.15) is 0 Å². The predicted octanol–water partition coefficient (Wildman–Crippen LogP) is 5.01. The molecule has 0 unspecified atom stereocenters. The van der Waals surface area contributed by atoms with Gasteiger partial charge in [0.25, 0.3) is 0 Å². The number of azide groups is 1. The Morgan fingerprint density at radius 2 is 1.55 bits per heavy atom. The molecular formula is C18H16N4. The average molecular weight is 288 g/mol. The molecule has 108 valence electrons. The smallest absolute Gasteiger partial charge is 0.0664 e. The lowest BCUT2D eigenvalue weighted by Crippen LogP contribution is -2.05. The highest BCUT2D eigenvalue weighted by Gasteiger charge is 2.09. The summed E-state index contributed by atoms with van der Waals surface area (Å²) in [6, 6.07) is 24.7. The number of hydrogen-bond donors (Lipinski definition) is 0. The Morgan fingerprint density at radius 3 is 2.23 bits per heavy atom. The van der Waals surface area contributed by atoms with E-state index in [9.17, 15) is 0 Å². The summed E-state index contributed by atoms with van der Waals surface area (Å²) in [5.41, 5.74) is 13.1. The second kappa shape index (κ2) is 6.66. The molecule has 0 aliphatic rings. The number of benzene rings is 2. The van der Waals surface area contributed by atoms with Crippen LogP contribution >= 0.6 is 0 Å². The van der Waals surface area contributed by atoms with Crippen molar-refractivity contribution in [3.05, 3.63) is 94.5 Å². The minimum Gasteiger partial charge on any atom is -0.340 e. The lowest BCUT2D eigenvalue weighted by atomic mass is 10.1. The van der Waals surface area contributed by atoms with Gasteiger partial charge in [-0.3, -0.25) is 0 Å². The third-order valence-electron chi connectivity index (χ3n) is 3.62. The van der Waals surface area contributed by atoms with Gasteiger partial charge in [-0.25, -0.2) is 0 Å². The zero-order valence-electron chi connectivity index (χ0n) is 12.1. The first kappa shape index (κ1) is 14.0. The molecule has 0 fully saturated rings. The van der Waals surface area contributed by atoms with Crippen molar-refractivity contribution in [2.45, 2.75) is 13.1 Å². The van der Waals surface area contributed by atoms with E-state index in [4.69, 9.17) is 5.53 Å². The van der Waals surface area contributed by atoms with Crippen LogP contribution in [-0.4, -0.2) is 4.57 Å². The van der Waals surface area contributed by atoms with E-state index in [1.165, 1.54) is 5.56 Å². The first-order chi connectivity index (χ1) is 10.9. The number of hydrogen-bond acceptors (Lipinski definition) is 1. The van der Waals surface area contributed by atoms with Crippen LogP contribution in [0, 0.1) is 0 Å². The van der Waals surface area contributed by atoms with E-state index in [2.05, 4.69) is 44.9 Å². The molecule has 0 aliphatic heterocycles. The molecule has 0 saturated heterocycles. The fourth-order valence-corrected chi connectivity index (χ4v) is 2.57. The van der Waals surface area contributed by atoms with Crippen molar-refractivity contribution in [3.63, 3.8) is 0 Å². The maximum atomic E-state index is 8.58. The van der Waals surface area contributed by atoms with Crippen molar-refractivity contribution in [2.24, 2.45) is 5.11 Å². The molecule has 4 nitrogen and oxygen atoms in total. The minimum absolute atomic E-state index is 0.357. The lowest BCUT2D eigenvalue weighted by Gasteiger charge is -2.13. The van der Waals surface area contributed by atoms with Crippen molar-refractivity contribution in [3.8, 4) is 11.3 Å². The molecule has 0 radical (unpaired) electrons. The molecule has 0 saturated carbocycles. The summed E-state index contributed by atoms with van der Waals surface area (Å²) >= 11 is 0. The molecule has 4 heteroatoms. The van der Waals surface area contributed by atoms with E-state index in [-0.39, 0.29) is 0 Å². The van der Waals surface area contributed by atoms with Crippen LogP contribution < -0.4 is 0 Å². The fraction of sp³-hybridized carbons (Fsp3) is 0.111. The SMILES string of the molecule is [N-]=[N+]=NCc1ccc(-c2ccccc2)n1Cc1ccccc1. The van der Waals surface area contributed by atoms with Gasteiger partial charge in [-0.15, -0.1) is 0 Å². The van der Waals surface area contributed by atoms with Crippen LogP contribution in [0.2, 0.25) is 0 Å². The van der Waals surface area contributed by atoms with Crippen molar-refractivity contribution >= 4 is 0 Å². The summed E-state index contributed by atoms with van der Waals surface area (Å²) in [5.74, 6) is 0. The van der Waals surface area contributed by atoms with Crippen LogP contribution in [0.4, 0.5) is 0 Å². The Labute approximate surface area is 129 Å². The molecule has 0 aliphatic carbocycles. The summed E-state index contributed by atoms with van der Waals surface area (Å²) in [4.78, 5) is 2.87. The molecule has 1 heterocycles. The van der Waals surface area contributed by atoms with Crippen molar-refractivity contribution in [2.75, 3.05) is 0 Å². The van der Waals surface area contributed by atoms with E-state index in [1.807, 2.05) is 42.5 Å². The van der Waals surface area contributed by atoms with Gasteiger partial charge in [0, 0.05) is 22.8 Å². The summed E-state index contributed by atoms with van der Waals surface area (Å²) in [7, 11) is 0. The zero-order valence-corrected chi connectivity index (χ0v) is 12.1. The predicted molar refractivity (Wildman–Crippen MR) is 88.3 cm³/mol. The van der Waals surface area contributed by atoms with Crippen LogP contribution in [0.15, 0.2) is 77.9 Å². The summed E-state index contributed by atoms with van der Waals surface area (Å²) in [5, 5.41) is 3.71. The van der Waals surface area contributed by atoms with Gasteiger partial charge in [0.15, 0.2) is 0 Å².